The van der Waals surface area contributed by atoms with Crippen LogP contribution in [0, 0.1) is 6.92 Å². The molecule has 0 saturated heterocycles. The molecule has 1 heterocycles. The second-order valence-electron chi connectivity index (χ2n) is 4.33. The highest BCUT2D eigenvalue weighted by Gasteiger charge is 2.13. The number of benzene rings is 1. The largest absolute Gasteiger partial charge is 0.322 e. The van der Waals surface area contributed by atoms with Crippen LogP contribution in [-0.2, 0) is 17.1 Å². The van der Waals surface area contributed by atoms with Crippen LogP contribution >= 0.6 is 0 Å². The van der Waals surface area contributed by atoms with Crippen LogP contribution in [0.4, 0.5) is 5.69 Å². The summed E-state index contributed by atoms with van der Waals surface area (Å²) >= 11 is 0. The average Bonchev–Trinajstić information content (AvgIpc) is 2.68. The number of aryl methyl sites for hydroxylation is 2. The summed E-state index contributed by atoms with van der Waals surface area (Å²) in [4.78, 5) is 12.0. The summed E-state index contributed by atoms with van der Waals surface area (Å²) < 4.78 is 23.8. The fraction of sp³-hybridized carbons (Fsp3) is 0.167. The smallest absolute Gasteiger partial charge is 0.259 e. The van der Waals surface area contributed by atoms with Gasteiger partial charge in [0.2, 0.25) is 10.0 Å². The van der Waals surface area contributed by atoms with Gasteiger partial charge in [-0.1, -0.05) is 0 Å². The Morgan fingerprint density at radius 2 is 1.90 bits per heavy atom. The summed E-state index contributed by atoms with van der Waals surface area (Å²) in [6.45, 7) is 1.74. The van der Waals surface area contributed by atoms with Crippen molar-refractivity contribution < 1.29 is 13.2 Å². The third kappa shape index (κ3) is 3.03. The summed E-state index contributed by atoms with van der Waals surface area (Å²) in [6.07, 6.45) is 1.61. The van der Waals surface area contributed by atoms with Gasteiger partial charge < -0.3 is 5.32 Å². The van der Waals surface area contributed by atoms with Gasteiger partial charge in [-0.3, -0.25) is 9.48 Å². The van der Waals surface area contributed by atoms with Crippen molar-refractivity contribution in [2.24, 2.45) is 12.2 Å². The number of aromatic nitrogens is 2. The Balaban J connectivity index is 2.18. The number of hydrogen-bond acceptors (Lipinski definition) is 4. The van der Waals surface area contributed by atoms with Gasteiger partial charge in [-0.2, -0.15) is 5.10 Å². The van der Waals surface area contributed by atoms with Crippen LogP contribution in [0.15, 0.2) is 35.4 Å². The van der Waals surface area contributed by atoms with Crippen LogP contribution in [0.1, 0.15) is 16.1 Å². The Labute approximate surface area is 116 Å². The van der Waals surface area contributed by atoms with Crippen molar-refractivity contribution in [2.75, 3.05) is 5.32 Å². The maximum absolute atomic E-state index is 12.0. The number of carbonyl (C=O) groups excluding carboxylic acids is 1. The van der Waals surface area contributed by atoms with Gasteiger partial charge in [-0.25, -0.2) is 13.6 Å². The second-order valence-corrected chi connectivity index (χ2v) is 5.89. The summed E-state index contributed by atoms with van der Waals surface area (Å²) in [6, 6.07) is 5.62. The van der Waals surface area contributed by atoms with Gasteiger partial charge in [0, 0.05) is 18.9 Å². The third-order valence-corrected chi connectivity index (χ3v) is 3.63. The fourth-order valence-corrected chi connectivity index (χ4v) is 2.26. The summed E-state index contributed by atoms with van der Waals surface area (Å²) in [5.41, 5.74) is 1.56. The highest BCUT2D eigenvalue weighted by Crippen LogP contribution is 2.14. The standard InChI is InChI=1S/C12H14N4O3S/c1-8-11(7-16(2)15-8)12(17)14-9-3-5-10(6-4-9)20(13,18)19/h3-7H,1-2H3,(H,14,17)(H2,13,18,19). The molecular weight excluding hydrogens is 280 g/mol. The number of rotatable bonds is 3. The maximum Gasteiger partial charge on any atom is 0.259 e. The molecule has 0 unspecified atom stereocenters. The lowest BCUT2D eigenvalue weighted by Crippen LogP contribution is -2.14. The molecule has 3 N–H and O–H groups in total. The minimum absolute atomic E-state index is 0.00643. The lowest BCUT2D eigenvalue weighted by atomic mass is 10.2. The predicted molar refractivity (Wildman–Crippen MR) is 73.7 cm³/mol. The van der Waals surface area contributed by atoms with Crippen LogP contribution in [0.3, 0.4) is 0 Å². The minimum Gasteiger partial charge on any atom is -0.322 e. The first-order valence-electron chi connectivity index (χ1n) is 5.72. The number of amides is 1. The molecular formula is C12H14N4O3S. The summed E-state index contributed by atoms with van der Waals surface area (Å²) in [5, 5.41) is 11.7. The molecule has 0 atom stereocenters. The lowest BCUT2D eigenvalue weighted by Gasteiger charge is -2.05. The molecule has 0 radical (unpaired) electrons. The third-order valence-electron chi connectivity index (χ3n) is 2.70. The summed E-state index contributed by atoms with van der Waals surface area (Å²) in [5.74, 6) is -0.307. The van der Waals surface area contributed by atoms with Gasteiger partial charge in [0.1, 0.15) is 0 Å². The zero-order valence-electron chi connectivity index (χ0n) is 11.0. The Morgan fingerprint density at radius 1 is 1.30 bits per heavy atom. The van der Waals surface area contributed by atoms with Crippen LogP contribution in [0.2, 0.25) is 0 Å². The number of carbonyl (C=O) groups is 1. The topological polar surface area (TPSA) is 107 Å². The van der Waals surface area contributed by atoms with Gasteiger partial charge in [0.15, 0.2) is 0 Å². The Bertz CT molecular complexity index is 748. The number of primary sulfonamides is 1. The van der Waals surface area contributed by atoms with Gasteiger partial charge in [0.25, 0.3) is 5.91 Å². The van der Waals surface area contributed by atoms with Crippen molar-refractivity contribution >= 4 is 21.6 Å². The first-order valence-corrected chi connectivity index (χ1v) is 7.26. The predicted octanol–water partition coefficient (Wildman–Crippen LogP) is 0.628. The van der Waals surface area contributed by atoms with Crippen molar-refractivity contribution in [3.05, 3.63) is 41.7 Å². The van der Waals surface area contributed by atoms with E-state index >= 15 is 0 Å². The zero-order valence-corrected chi connectivity index (χ0v) is 11.8. The first kappa shape index (κ1) is 14.2. The zero-order chi connectivity index (χ0) is 14.9. The van der Waals surface area contributed by atoms with E-state index in [1.165, 1.54) is 24.3 Å². The average molecular weight is 294 g/mol. The molecule has 2 rings (SSSR count). The molecule has 106 valence electrons. The van der Waals surface area contributed by atoms with E-state index < -0.39 is 10.0 Å². The molecule has 0 aliphatic rings. The number of nitrogens with zero attached hydrogens (tertiary/aromatic N) is 2. The first-order chi connectivity index (χ1) is 9.27. The van der Waals surface area contributed by atoms with E-state index in [0.29, 0.717) is 16.9 Å². The normalized spacial score (nSPS) is 11.3. The van der Waals surface area contributed by atoms with Crippen molar-refractivity contribution in [1.29, 1.82) is 0 Å². The molecule has 1 aromatic carbocycles. The van der Waals surface area contributed by atoms with Crippen molar-refractivity contribution in [3.8, 4) is 0 Å². The minimum atomic E-state index is -3.73. The number of nitrogens with one attached hydrogen (secondary N) is 1. The van der Waals surface area contributed by atoms with E-state index in [-0.39, 0.29) is 10.8 Å². The van der Waals surface area contributed by atoms with Crippen LogP contribution in [-0.4, -0.2) is 24.1 Å². The molecule has 0 aliphatic heterocycles. The van der Waals surface area contributed by atoms with Crippen molar-refractivity contribution in [2.45, 2.75) is 11.8 Å². The van der Waals surface area contributed by atoms with Gasteiger partial charge in [-0.05, 0) is 31.2 Å². The van der Waals surface area contributed by atoms with E-state index in [1.807, 2.05) is 0 Å². The molecule has 1 amide bonds. The molecule has 0 spiro atoms. The molecule has 20 heavy (non-hydrogen) atoms. The van der Waals surface area contributed by atoms with Crippen LogP contribution < -0.4 is 10.5 Å². The molecule has 0 fully saturated rings. The molecule has 8 heteroatoms. The van der Waals surface area contributed by atoms with Crippen LogP contribution in [0.25, 0.3) is 0 Å². The quantitative estimate of drug-likeness (QED) is 0.865. The molecule has 0 saturated carbocycles. The van der Waals surface area contributed by atoms with E-state index in [1.54, 1.807) is 24.9 Å². The van der Waals surface area contributed by atoms with E-state index in [4.69, 9.17) is 5.14 Å². The van der Waals surface area contributed by atoms with Gasteiger partial charge in [0.05, 0.1) is 16.2 Å². The second kappa shape index (κ2) is 5.06. The van der Waals surface area contributed by atoms with E-state index in [9.17, 15) is 13.2 Å². The number of sulfonamides is 1. The fourth-order valence-electron chi connectivity index (χ4n) is 1.75. The Morgan fingerprint density at radius 3 is 2.35 bits per heavy atom. The van der Waals surface area contributed by atoms with Gasteiger partial charge >= 0.3 is 0 Å². The number of nitrogens with two attached hydrogens (primary N) is 1. The molecule has 7 nitrogen and oxygen atoms in total. The SMILES string of the molecule is Cc1nn(C)cc1C(=O)Nc1ccc(S(N)(=O)=O)cc1. The molecule has 0 bridgehead atoms. The van der Waals surface area contributed by atoms with Crippen molar-refractivity contribution in [1.82, 2.24) is 9.78 Å². The van der Waals surface area contributed by atoms with E-state index in [2.05, 4.69) is 10.4 Å². The molecule has 1 aromatic heterocycles. The Hall–Kier alpha value is -2.19. The maximum atomic E-state index is 12.0. The van der Waals surface area contributed by atoms with Crippen LogP contribution in [0.5, 0.6) is 0 Å². The number of anilines is 1. The van der Waals surface area contributed by atoms with E-state index in [0.717, 1.165) is 0 Å². The lowest BCUT2D eigenvalue weighted by molar-refractivity contribution is 0.102. The Kier molecular flexibility index (Phi) is 3.60. The molecule has 0 aliphatic carbocycles. The van der Waals surface area contributed by atoms with Gasteiger partial charge in [-0.15, -0.1) is 0 Å². The highest BCUT2D eigenvalue weighted by atomic mass is 32.2. The monoisotopic (exact) mass is 294 g/mol. The highest BCUT2D eigenvalue weighted by molar-refractivity contribution is 7.89. The van der Waals surface area contributed by atoms with Crippen molar-refractivity contribution in [3.63, 3.8) is 0 Å². The molecule has 2 aromatic rings. The number of hydrogen-bond donors (Lipinski definition) is 2. The summed E-state index contributed by atoms with van der Waals surface area (Å²) in [7, 11) is -2.00.